The third kappa shape index (κ3) is 4.51. The van der Waals surface area contributed by atoms with Gasteiger partial charge in [-0.3, -0.25) is 4.79 Å². The fraction of sp³-hybridized carbons (Fsp3) is 0.176. The molecule has 1 amide bonds. The summed E-state index contributed by atoms with van der Waals surface area (Å²) < 4.78 is 46.0. The molecular formula is C17H13BrF3N3O2S. The molecule has 142 valence electrons. The molecule has 1 N–H and O–H groups in total. The highest BCUT2D eigenvalue weighted by Gasteiger charge is 2.30. The lowest BCUT2D eigenvalue weighted by Crippen LogP contribution is -2.23. The van der Waals surface area contributed by atoms with Gasteiger partial charge in [0.15, 0.2) is 11.4 Å². The number of methoxy groups -OCH3 is 1. The maximum absolute atomic E-state index is 12.9. The molecule has 1 aromatic carbocycles. The number of carbonyl (C=O) groups excluding carboxylic acids is 1. The number of nitrogens with zero attached hydrogens (tertiary/aromatic N) is 2. The lowest BCUT2D eigenvalue weighted by atomic mass is 10.2. The molecule has 10 heteroatoms. The van der Waals surface area contributed by atoms with Crippen molar-refractivity contribution in [2.24, 2.45) is 0 Å². The predicted molar refractivity (Wildman–Crippen MR) is 98.3 cm³/mol. The monoisotopic (exact) mass is 459 g/mol. The van der Waals surface area contributed by atoms with E-state index in [-0.39, 0.29) is 17.1 Å². The number of alkyl halides is 3. The van der Waals surface area contributed by atoms with E-state index in [2.05, 4.69) is 26.3 Å². The molecule has 0 aliphatic carbocycles. The molecule has 0 saturated heterocycles. The highest BCUT2D eigenvalue weighted by Crippen LogP contribution is 2.30. The van der Waals surface area contributed by atoms with Gasteiger partial charge in [0.25, 0.3) is 5.91 Å². The molecule has 0 saturated carbocycles. The molecule has 0 aliphatic rings. The van der Waals surface area contributed by atoms with Crippen LogP contribution in [0.15, 0.2) is 46.4 Å². The van der Waals surface area contributed by atoms with Crippen LogP contribution in [-0.4, -0.2) is 22.8 Å². The van der Waals surface area contributed by atoms with Gasteiger partial charge in [-0.2, -0.15) is 18.3 Å². The topological polar surface area (TPSA) is 56.2 Å². The number of halogens is 4. The zero-order valence-corrected chi connectivity index (χ0v) is 16.3. The number of hydrogen-bond acceptors (Lipinski definition) is 4. The van der Waals surface area contributed by atoms with E-state index < -0.39 is 17.6 Å². The smallest absolute Gasteiger partial charge is 0.416 e. The van der Waals surface area contributed by atoms with Crippen molar-refractivity contribution >= 4 is 33.2 Å². The first-order valence-corrected chi connectivity index (χ1v) is 9.27. The minimum absolute atomic E-state index is 0.00877. The predicted octanol–water partition coefficient (Wildman–Crippen LogP) is 4.65. The third-order valence-corrected chi connectivity index (χ3v) is 5.30. The van der Waals surface area contributed by atoms with E-state index in [4.69, 9.17) is 4.74 Å². The number of thiophene rings is 1. The molecule has 2 aromatic heterocycles. The number of ether oxygens (including phenoxy) is 1. The van der Waals surface area contributed by atoms with Crippen molar-refractivity contribution in [1.82, 2.24) is 15.1 Å². The maximum Gasteiger partial charge on any atom is 0.416 e. The first kappa shape index (κ1) is 19.4. The van der Waals surface area contributed by atoms with E-state index in [0.717, 1.165) is 21.5 Å². The van der Waals surface area contributed by atoms with Crippen LogP contribution in [0.25, 0.3) is 5.69 Å². The molecule has 0 spiro atoms. The van der Waals surface area contributed by atoms with E-state index in [1.807, 2.05) is 11.4 Å². The van der Waals surface area contributed by atoms with E-state index in [1.54, 1.807) is 0 Å². The van der Waals surface area contributed by atoms with E-state index in [9.17, 15) is 18.0 Å². The zero-order chi connectivity index (χ0) is 19.6. The molecule has 5 nitrogen and oxygen atoms in total. The maximum atomic E-state index is 12.9. The largest absolute Gasteiger partial charge is 0.493 e. The Balaban J connectivity index is 1.84. The van der Waals surface area contributed by atoms with Gasteiger partial charge in [-0.1, -0.05) is 6.07 Å². The van der Waals surface area contributed by atoms with Crippen LogP contribution in [0.3, 0.4) is 0 Å². The van der Waals surface area contributed by atoms with Crippen LogP contribution in [0.5, 0.6) is 5.75 Å². The lowest BCUT2D eigenvalue weighted by Gasteiger charge is -2.08. The minimum atomic E-state index is -4.47. The van der Waals surface area contributed by atoms with E-state index in [1.165, 1.54) is 41.5 Å². The molecule has 0 fully saturated rings. The van der Waals surface area contributed by atoms with Gasteiger partial charge in [-0.25, -0.2) is 4.68 Å². The van der Waals surface area contributed by atoms with Crippen LogP contribution in [0.1, 0.15) is 20.9 Å². The molecule has 0 bridgehead atoms. The number of benzene rings is 1. The Labute approximate surface area is 164 Å². The van der Waals surface area contributed by atoms with Gasteiger partial charge >= 0.3 is 6.18 Å². The molecule has 3 aromatic rings. The van der Waals surface area contributed by atoms with Crippen LogP contribution in [-0.2, 0) is 12.7 Å². The molecule has 2 heterocycles. The Bertz CT molecular complexity index is 968. The van der Waals surface area contributed by atoms with Crippen molar-refractivity contribution in [3.8, 4) is 11.4 Å². The van der Waals surface area contributed by atoms with Crippen LogP contribution in [0, 0.1) is 0 Å². The Morgan fingerprint density at radius 2 is 2.15 bits per heavy atom. The standard InChI is InChI=1S/C17H13BrF3N3O2S/c1-26-14-8-24(12-4-2-3-10(5-12)17(19,20)21)23-15(14)16(25)22-7-13-6-11(18)9-27-13/h2-6,8-9H,7H2,1H3,(H,22,25). The summed E-state index contributed by atoms with van der Waals surface area (Å²) in [5.74, 6) is -0.320. The molecular weight excluding hydrogens is 447 g/mol. The number of carbonyl (C=O) groups is 1. The van der Waals surface area contributed by atoms with Crippen LogP contribution >= 0.6 is 27.3 Å². The Morgan fingerprint density at radius 3 is 2.78 bits per heavy atom. The lowest BCUT2D eigenvalue weighted by molar-refractivity contribution is -0.137. The van der Waals surface area contributed by atoms with Gasteiger partial charge in [0.05, 0.1) is 31.1 Å². The molecule has 0 radical (unpaired) electrons. The second kappa shape index (κ2) is 7.73. The van der Waals surface area contributed by atoms with E-state index >= 15 is 0 Å². The van der Waals surface area contributed by atoms with Crippen LogP contribution < -0.4 is 10.1 Å². The van der Waals surface area contributed by atoms with Crippen LogP contribution in [0.4, 0.5) is 13.2 Å². The normalized spacial score (nSPS) is 11.4. The van der Waals surface area contributed by atoms with Crippen molar-refractivity contribution in [2.45, 2.75) is 12.7 Å². The first-order valence-electron chi connectivity index (χ1n) is 7.60. The number of nitrogens with one attached hydrogen (secondary N) is 1. The number of aromatic nitrogens is 2. The number of amides is 1. The average molecular weight is 460 g/mol. The summed E-state index contributed by atoms with van der Waals surface area (Å²) in [5.41, 5.74) is -0.640. The van der Waals surface area contributed by atoms with E-state index in [0.29, 0.717) is 6.54 Å². The van der Waals surface area contributed by atoms with Gasteiger partial charge in [-0.05, 0) is 40.2 Å². The summed E-state index contributed by atoms with van der Waals surface area (Å²) in [7, 11) is 1.36. The quantitative estimate of drug-likeness (QED) is 0.603. The van der Waals surface area contributed by atoms with Gasteiger partial charge < -0.3 is 10.1 Å². The van der Waals surface area contributed by atoms with Crippen molar-refractivity contribution in [2.75, 3.05) is 7.11 Å². The number of hydrogen-bond donors (Lipinski definition) is 1. The summed E-state index contributed by atoms with van der Waals surface area (Å²) in [6, 6.07) is 6.55. The SMILES string of the molecule is COc1cn(-c2cccc(C(F)(F)F)c2)nc1C(=O)NCc1cc(Br)cs1. The summed E-state index contributed by atoms with van der Waals surface area (Å²) in [6.45, 7) is 0.300. The summed E-state index contributed by atoms with van der Waals surface area (Å²) >= 11 is 4.82. The Kier molecular flexibility index (Phi) is 5.56. The average Bonchev–Trinajstić information content (AvgIpc) is 3.25. The van der Waals surface area contributed by atoms with Crippen LogP contribution in [0.2, 0.25) is 0 Å². The Hall–Kier alpha value is -2.33. The third-order valence-electron chi connectivity index (χ3n) is 3.60. The molecule has 27 heavy (non-hydrogen) atoms. The van der Waals surface area contributed by atoms with Crippen molar-refractivity contribution in [1.29, 1.82) is 0 Å². The van der Waals surface area contributed by atoms with Crippen molar-refractivity contribution < 1.29 is 22.7 Å². The zero-order valence-electron chi connectivity index (χ0n) is 13.9. The fourth-order valence-electron chi connectivity index (χ4n) is 2.32. The molecule has 3 rings (SSSR count). The van der Waals surface area contributed by atoms with Gasteiger partial charge in [0, 0.05) is 14.7 Å². The fourth-order valence-corrected chi connectivity index (χ4v) is 3.71. The summed E-state index contributed by atoms with van der Waals surface area (Å²) in [4.78, 5) is 13.4. The first-order chi connectivity index (χ1) is 12.8. The van der Waals surface area contributed by atoms with Crippen molar-refractivity contribution in [3.05, 3.63) is 62.5 Å². The molecule has 0 atom stereocenters. The van der Waals surface area contributed by atoms with Gasteiger partial charge in [0.1, 0.15) is 0 Å². The highest BCUT2D eigenvalue weighted by atomic mass is 79.9. The summed E-state index contributed by atoms with van der Waals surface area (Å²) in [5, 5.41) is 8.71. The molecule has 0 aliphatic heterocycles. The minimum Gasteiger partial charge on any atom is -0.493 e. The second-order valence-corrected chi connectivity index (χ2v) is 7.36. The second-order valence-electron chi connectivity index (χ2n) is 5.45. The number of rotatable bonds is 5. The molecule has 0 unspecified atom stereocenters. The van der Waals surface area contributed by atoms with Gasteiger partial charge in [0.2, 0.25) is 0 Å². The van der Waals surface area contributed by atoms with Crippen molar-refractivity contribution in [3.63, 3.8) is 0 Å². The Morgan fingerprint density at radius 1 is 1.37 bits per heavy atom. The van der Waals surface area contributed by atoms with Gasteiger partial charge in [-0.15, -0.1) is 11.3 Å². The summed E-state index contributed by atoms with van der Waals surface area (Å²) in [6.07, 6.45) is -3.10. The highest BCUT2D eigenvalue weighted by molar-refractivity contribution is 9.10.